The molecule has 0 aliphatic heterocycles. The highest BCUT2D eigenvalue weighted by Crippen LogP contribution is 2.31. The van der Waals surface area contributed by atoms with E-state index in [0.717, 1.165) is 23.1 Å². The first-order valence-electron chi connectivity index (χ1n) is 6.41. The number of aliphatic hydroxyl groups excluding tert-OH is 1. The Morgan fingerprint density at radius 3 is 2.68 bits per heavy atom. The van der Waals surface area contributed by atoms with E-state index in [1.807, 2.05) is 43.3 Å². The van der Waals surface area contributed by atoms with Crippen molar-refractivity contribution in [3.63, 3.8) is 0 Å². The van der Waals surface area contributed by atoms with Gasteiger partial charge in [0.05, 0.1) is 0 Å². The van der Waals surface area contributed by atoms with Gasteiger partial charge >= 0.3 is 0 Å². The van der Waals surface area contributed by atoms with Gasteiger partial charge in [0, 0.05) is 22.3 Å². The summed E-state index contributed by atoms with van der Waals surface area (Å²) in [6.07, 6.45) is -0.519. The lowest BCUT2D eigenvalue weighted by molar-refractivity contribution is 0.108. The number of benzene rings is 2. The van der Waals surface area contributed by atoms with Crippen molar-refractivity contribution in [3.8, 4) is 5.75 Å². The molecule has 0 aliphatic rings. The van der Waals surface area contributed by atoms with Crippen LogP contribution in [0.3, 0.4) is 0 Å². The highest BCUT2D eigenvalue weighted by Gasteiger charge is 2.08. The van der Waals surface area contributed by atoms with Crippen molar-refractivity contribution >= 4 is 22.4 Å². The maximum atomic E-state index is 9.75. The fraction of sp³-hybridized carbons (Fsp3) is 0.333. The third kappa shape index (κ3) is 3.60. The second-order valence-electron chi connectivity index (χ2n) is 4.36. The fourth-order valence-electron chi connectivity index (χ4n) is 1.92. The fourth-order valence-corrected chi connectivity index (χ4v) is 2.14. The smallest absolute Gasteiger partial charge is 0.127 e. The zero-order valence-electron chi connectivity index (χ0n) is 10.9. The number of nitrogens with one attached hydrogen (secondary N) is 1. The van der Waals surface area contributed by atoms with Crippen LogP contribution in [0.25, 0.3) is 10.8 Å². The third-order valence-corrected chi connectivity index (χ3v) is 3.22. The van der Waals surface area contributed by atoms with E-state index in [1.165, 1.54) is 0 Å². The molecule has 0 aromatic heterocycles. The van der Waals surface area contributed by atoms with Gasteiger partial charge in [-0.25, -0.2) is 0 Å². The molecule has 2 aromatic rings. The van der Waals surface area contributed by atoms with Crippen LogP contribution in [-0.4, -0.2) is 30.9 Å². The van der Waals surface area contributed by atoms with Gasteiger partial charge in [-0.15, -0.1) is 0 Å². The molecule has 2 N–H and O–H groups in total. The topological polar surface area (TPSA) is 41.5 Å². The van der Waals surface area contributed by atoms with E-state index in [9.17, 15) is 5.11 Å². The van der Waals surface area contributed by atoms with Crippen LogP contribution < -0.4 is 10.1 Å². The second-order valence-corrected chi connectivity index (χ2v) is 4.77. The lowest BCUT2D eigenvalue weighted by Crippen LogP contribution is -2.31. The first kappa shape index (κ1) is 14.1. The van der Waals surface area contributed by atoms with E-state index >= 15 is 0 Å². The molecule has 4 heteroatoms. The van der Waals surface area contributed by atoms with Gasteiger partial charge in [0.25, 0.3) is 0 Å². The van der Waals surface area contributed by atoms with Crippen LogP contribution in [0.5, 0.6) is 5.75 Å². The molecule has 0 heterocycles. The predicted octanol–water partition coefficient (Wildman–Crippen LogP) is 2.84. The van der Waals surface area contributed by atoms with E-state index in [-0.39, 0.29) is 6.61 Å². The van der Waals surface area contributed by atoms with Crippen LogP contribution in [0.4, 0.5) is 0 Å². The molecule has 2 aromatic carbocycles. The first-order valence-corrected chi connectivity index (χ1v) is 6.79. The summed E-state index contributed by atoms with van der Waals surface area (Å²) in [5, 5.41) is 15.5. The number of likely N-dealkylation sites (N-methyl/N-ethyl adjacent to an activating group) is 1. The molecule has 2 rings (SSSR count). The van der Waals surface area contributed by atoms with Crippen molar-refractivity contribution in [3.05, 3.63) is 41.4 Å². The summed E-state index contributed by atoms with van der Waals surface area (Å²) in [5.74, 6) is 0.746. The van der Waals surface area contributed by atoms with Crippen molar-refractivity contribution in [1.82, 2.24) is 5.32 Å². The minimum absolute atomic E-state index is 0.263. The molecular formula is C15H18ClNO2. The van der Waals surface area contributed by atoms with Gasteiger partial charge in [-0.2, -0.15) is 0 Å². The van der Waals surface area contributed by atoms with E-state index in [0.29, 0.717) is 11.6 Å². The molecule has 102 valence electrons. The Hall–Kier alpha value is -1.29. The minimum Gasteiger partial charge on any atom is -0.490 e. The molecule has 1 unspecified atom stereocenters. The van der Waals surface area contributed by atoms with Gasteiger partial charge < -0.3 is 15.2 Å². The normalized spacial score (nSPS) is 12.6. The van der Waals surface area contributed by atoms with Crippen LogP contribution >= 0.6 is 11.6 Å². The van der Waals surface area contributed by atoms with E-state index in [4.69, 9.17) is 16.3 Å². The van der Waals surface area contributed by atoms with Crippen LogP contribution in [-0.2, 0) is 0 Å². The van der Waals surface area contributed by atoms with E-state index < -0.39 is 6.10 Å². The molecule has 0 bridgehead atoms. The molecule has 3 nitrogen and oxygen atoms in total. The average molecular weight is 280 g/mol. The van der Waals surface area contributed by atoms with Crippen molar-refractivity contribution < 1.29 is 9.84 Å². The number of ether oxygens (including phenoxy) is 1. The molecule has 0 saturated carbocycles. The Balaban J connectivity index is 2.11. The SMILES string of the molecule is CCNCC(O)COc1ccc(Cl)c2ccccc12. The third-order valence-electron chi connectivity index (χ3n) is 2.89. The highest BCUT2D eigenvalue weighted by atomic mass is 35.5. The number of hydrogen-bond donors (Lipinski definition) is 2. The van der Waals surface area contributed by atoms with Crippen molar-refractivity contribution in [1.29, 1.82) is 0 Å². The average Bonchev–Trinajstić information content (AvgIpc) is 2.45. The highest BCUT2D eigenvalue weighted by molar-refractivity contribution is 6.35. The summed E-state index contributed by atoms with van der Waals surface area (Å²) in [7, 11) is 0. The number of aliphatic hydroxyl groups is 1. The lowest BCUT2D eigenvalue weighted by Gasteiger charge is -2.14. The van der Waals surface area contributed by atoms with Crippen molar-refractivity contribution in [2.24, 2.45) is 0 Å². The van der Waals surface area contributed by atoms with Crippen LogP contribution in [0, 0.1) is 0 Å². The zero-order chi connectivity index (χ0) is 13.7. The summed E-state index contributed by atoms with van der Waals surface area (Å²) < 4.78 is 5.68. The quantitative estimate of drug-likeness (QED) is 0.854. The van der Waals surface area contributed by atoms with Gasteiger partial charge in [0.15, 0.2) is 0 Å². The van der Waals surface area contributed by atoms with Gasteiger partial charge in [-0.05, 0) is 18.7 Å². The van der Waals surface area contributed by atoms with Gasteiger partial charge in [0.1, 0.15) is 18.5 Å². The Bertz CT molecular complexity index is 545. The Morgan fingerprint density at radius 1 is 1.21 bits per heavy atom. The molecule has 0 radical (unpaired) electrons. The van der Waals surface area contributed by atoms with E-state index in [2.05, 4.69) is 5.32 Å². The molecule has 19 heavy (non-hydrogen) atoms. The van der Waals surface area contributed by atoms with Crippen LogP contribution in [0.1, 0.15) is 6.92 Å². The lowest BCUT2D eigenvalue weighted by atomic mass is 10.1. The number of rotatable bonds is 6. The predicted molar refractivity (Wildman–Crippen MR) is 79.0 cm³/mol. The minimum atomic E-state index is -0.519. The second kappa shape index (κ2) is 6.75. The zero-order valence-corrected chi connectivity index (χ0v) is 11.7. The summed E-state index contributed by atoms with van der Waals surface area (Å²) in [6, 6.07) is 11.5. The summed E-state index contributed by atoms with van der Waals surface area (Å²) >= 11 is 6.15. The van der Waals surface area contributed by atoms with Crippen LogP contribution in [0.2, 0.25) is 5.02 Å². The summed E-state index contributed by atoms with van der Waals surface area (Å²) in [4.78, 5) is 0. The summed E-state index contributed by atoms with van der Waals surface area (Å²) in [6.45, 7) is 3.63. The first-order chi connectivity index (χ1) is 9.22. The largest absolute Gasteiger partial charge is 0.490 e. The molecule has 0 fully saturated rings. The Kier molecular flexibility index (Phi) is 5.02. The molecule has 1 atom stereocenters. The molecule has 0 amide bonds. The maximum Gasteiger partial charge on any atom is 0.127 e. The number of hydrogen-bond acceptors (Lipinski definition) is 3. The van der Waals surface area contributed by atoms with Crippen molar-refractivity contribution in [2.75, 3.05) is 19.7 Å². The molecule has 0 spiro atoms. The molecular weight excluding hydrogens is 262 g/mol. The van der Waals surface area contributed by atoms with E-state index in [1.54, 1.807) is 0 Å². The van der Waals surface area contributed by atoms with Crippen molar-refractivity contribution in [2.45, 2.75) is 13.0 Å². The number of halogens is 1. The van der Waals surface area contributed by atoms with Gasteiger partial charge in [-0.3, -0.25) is 0 Å². The maximum absolute atomic E-state index is 9.75. The summed E-state index contributed by atoms with van der Waals surface area (Å²) in [5.41, 5.74) is 0. The molecule has 0 aliphatic carbocycles. The molecule has 0 saturated heterocycles. The number of fused-ring (bicyclic) bond motifs is 1. The monoisotopic (exact) mass is 279 g/mol. The standard InChI is InChI=1S/C15H18ClNO2/c1-2-17-9-11(18)10-19-15-8-7-14(16)12-5-3-4-6-13(12)15/h3-8,11,17-18H,2,9-10H2,1H3. The van der Waals surface area contributed by atoms with Gasteiger partial charge in [-0.1, -0.05) is 42.8 Å². The Morgan fingerprint density at radius 2 is 1.95 bits per heavy atom. The van der Waals surface area contributed by atoms with Gasteiger partial charge in [0.2, 0.25) is 0 Å². The Labute approximate surface area is 118 Å². The van der Waals surface area contributed by atoms with Crippen LogP contribution in [0.15, 0.2) is 36.4 Å².